The van der Waals surface area contributed by atoms with Crippen molar-refractivity contribution in [2.45, 2.75) is 84.5 Å². The van der Waals surface area contributed by atoms with Gasteiger partial charge >= 0.3 is 12.2 Å². The molecule has 0 radical (unpaired) electrons. The fourth-order valence-corrected chi connectivity index (χ4v) is 4.59. The number of aromatic nitrogens is 3. The fraction of sp³-hybridized carbons (Fsp3) is 0.577. The van der Waals surface area contributed by atoms with Gasteiger partial charge in [-0.05, 0) is 66.3 Å². The molecule has 7 nitrogen and oxygen atoms in total. The number of nitrogens with zero attached hydrogens (tertiary/aromatic N) is 3. The van der Waals surface area contributed by atoms with Crippen molar-refractivity contribution in [3.63, 3.8) is 0 Å². The molecule has 0 amide bonds. The number of aliphatic hydroxyl groups is 1. The Bertz CT molecular complexity index is 1250. The van der Waals surface area contributed by atoms with Gasteiger partial charge in [0.2, 0.25) is 0 Å². The minimum atomic E-state index is -4.32. The summed E-state index contributed by atoms with van der Waals surface area (Å²) in [6, 6.07) is 5.51. The topological polar surface area (TPSA) is 96.1 Å². The van der Waals surface area contributed by atoms with E-state index in [0.29, 0.717) is 23.3 Å². The number of fused-ring (bicyclic) bond motifs is 1. The highest BCUT2D eigenvalue weighted by molar-refractivity contribution is 5.90. The van der Waals surface area contributed by atoms with Crippen molar-refractivity contribution >= 4 is 22.6 Å². The molecule has 2 heterocycles. The molecular weight excluding hydrogens is 471 g/mol. The van der Waals surface area contributed by atoms with Crippen LogP contribution in [0.4, 0.5) is 24.9 Å². The summed E-state index contributed by atoms with van der Waals surface area (Å²) in [5, 5.41) is 25.2. The summed E-state index contributed by atoms with van der Waals surface area (Å²) in [5.74, 6) is 0.248. The van der Waals surface area contributed by atoms with Gasteiger partial charge in [0.1, 0.15) is 12.2 Å². The van der Waals surface area contributed by atoms with Crippen LogP contribution in [0.25, 0.3) is 22.5 Å². The van der Waals surface area contributed by atoms with Crippen molar-refractivity contribution in [3.8, 4) is 11.6 Å². The number of halogens is 3. The van der Waals surface area contributed by atoms with Gasteiger partial charge in [0, 0.05) is 17.1 Å². The Morgan fingerprint density at radius 3 is 2.50 bits per heavy atom. The first-order valence-corrected chi connectivity index (χ1v) is 12.2. The summed E-state index contributed by atoms with van der Waals surface area (Å²) in [6.07, 6.45) is -2.37. The average Bonchev–Trinajstić information content (AvgIpc) is 3.22. The summed E-state index contributed by atoms with van der Waals surface area (Å²) in [5.41, 5.74) is 2.73. The number of pyridine rings is 1. The molecule has 2 unspecified atom stereocenters. The van der Waals surface area contributed by atoms with Crippen LogP contribution in [-0.4, -0.2) is 45.2 Å². The Kier molecular flexibility index (Phi) is 6.70. The Morgan fingerprint density at radius 2 is 1.86 bits per heavy atom. The lowest BCUT2D eigenvalue weighted by atomic mass is 9.73. The van der Waals surface area contributed by atoms with Crippen molar-refractivity contribution in [3.05, 3.63) is 29.3 Å². The average molecular weight is 506 g/mol. The predicted octanol–water partition coefficient (Wildman–Crippen LogP) is 6.22. The maximum Gasteiger partial charge on any atom is 0.405 e. The van der Waals surface area contributed by atoms with Crippen LogP contribution in [0, 0.1) is 12.3 Å². The Labute approximate surface area is 208 Å². The third kappa shape index (κ3) is 5.74. The summed E-state index contributed by atoms with van der Waals surface area (Å²) < 4.78 is 44.3. The molecule has 2 aromatic heterocycles. The molecule has 196 valence electrons. The van der Waals surface area contributed by atoms with E-state index in [2.05, 4.69) is 34.7 Å². The van der Waals surface area contributed by atoms with Gasteiger partial charge in [-0.15, -0.1) is 5.10 Å². The van der Waals surface area contributed by atoms with Crippen LogP contribution in [0.2, 0.25) is 0 Å². The fourth-order valence-electron chi connectivity index (χ4n) is 4.59. The molecule has 1 aliphatic rings. The lowest BCUT2D eigenvalue weighted by Gasteiger charge is -2.39. The minimum absolute atomic E-state index is 0.0303. The van der Waals surface area contributed by atoms with Crippen molar-refractivity contribution in [2.24, 2.45) is 5.41 Å². The van der Waals surface area contributed by atoms with E-state index < -0.39 is 18.8 Å². The number of alkyl halides is 3. The first kappa shape index (κ1) is 26.2. The number of nitrogens with one attached hydrogen (secondary N) is 2. The zero-order valence-corrected chi connectivity index (χ0v) is 21.5. The van der Waals surface area contributed by atoms with Crippen molar-refractivity contribution < 1.29 is 22.7 Å². The van der Waals surface area contributed by atoms with Gasteiger partial charge in [-0.25, -0.2) is 4.98 Å². The van der Waals surface area contributed by atoms with E-state index in [-0.39, 0.29) is 28.8 Å². The summed E-state index contributed by atoms with van der Waals surface area (Å²) in [6.45, 7) is 10.9. The highest BCUT2D eigenvalue weighted by Crippen LogP contribution is 2.38. The number of rotatable bonds is 5. The molecule has 1 saturated carbocycles. The highest BCUT2D eigenvalue weighted by atomic mass is 19.4. The molecule has 1 aliphatic carbocycles. The Morgan fingerprint density at radius 1 is 1.14 bits per heavy atom. The molecule has 1 fully saturated rings. The summed E-state index contributed by atoms with van der Waals surface area (Å²) >= 11 is 0. The standard InChI is InChI=1S/C26H34F3N5O2/c1-14-9-19(22-33-34-23(36-22)31-15-7-8-25(5,6)20(35)12-15)32-21-17(14)10-16(30-13-26(27,28)29)11-18(21)24(2,3)4/h9-11,15,20,30,35H,7-8,12-13H2,1-6H3,(H,31,34). The molecule has 0 saturated heterocycles. The molecule has 36 heavy (non-hydrogen) atoms. The monoisotopic (exact) mass is 505 g/mol. The zero-order valence-electron chi connectivity index (χ0n) is 21.5. The van der Waals surface area contributed by atoms with Crippen LogP contribution < -0.4 is 10.6 Å². The second kappa shape index (κ2) is 9.21. The normalized spacial score (nSPS) is 20.5. The quantitative estimate of drug-likeness (QED) is 0.379. The number of hydrogen-bond acceptors (Lipinski definition) is 7. The lowest BCUT2D eigenvalue weighted by molar-refractivity contribution is -0.115. The lowest BCUT2D eigenvalue weighted by Crippen LogP contribution is -2.41. The molecule has 0 aliphatic heterocycles. The third-order valence-corrected chi connectivity index (χ3v) is 6.94. The number of anilines is 2. The van der Waals surface area contributed by atoms with Crippen LogP contribution in [0.1, 0.15) is 65.0 Å². The maximum absolute atomic E-state index is 12.8. The van der Waals surface area contributed by atoms with E-state index in [1.807, 2.05) is 27.7 Å². The number of aryl methyl sites for hydroxylation is 1. The molecule has 2 atom stereocenters. The first-order valence-electron chi connectivity index (χ1n) is 12.2. The van der Waals surface area contributed by atoms with Crippen LogP contribution in [0.5, 0.6) is 0 Å². The van der Waals surface area contributed by atoms with E-state index in [4.69, 9.17) is 9.40 Å². The summed E-state index contributed by atoms with van der Waals surface area (Å²) in [7, 11) is 0. The van der Waals surface area contributed by atoms with E-state index in [1.165, 1.54) is 0 Å². The van der Waals surface area contributed by atoms with Gasteiger partial charge in [-0.2, -0.15) is 13.2 Å². The van der Waals surface area contributed by atoms with Gasteiger partial charge in [0.15, 0.2) is 0 Å². The van der Waals surface area contributed by atoms with Crippen molar-refractivity contribution in [1.29, 1.82) is 0 Å². The van der Waals surface area contributed by atoms with Crippen LogP contribution in [0.3, 0.4) is 0 Å². The van der Waals surface area contributed by atoms with Gasteiger partial charge in [0.05, 0.1) is 11.6 Å². The Balaban J connectivity index is 1.64. The minimum Gasteiger partial charge on any atom is -0.402 e. The smallest absolute Gasteiger partial charge is 0.402 e. The van der Waals surface area contributed by atoms with Crippen LogP contribution in [0.15, 0.2) is 22.6 Å². The van der Waals surface area contributed by atoms with E-state index in [9.17, 15) is 18.3 Å². The molecule has 10 heteroatoms. The number of hydrogen-bond donors (Lipinski definition) is 3. The second-order valence-electron chi connectivity index (χ2n) is 11.5. The molecule has 3 N–H and O–H groups in total. The molecule has 0 bridgehead atoms. The van der Waals surface area contributed by atoms with Gasteiger partial charge < -0.3 is 20.2 Å². The number of benzene rings is 1. The van der Waals surface area contributed by atoms with Crippen molar-refractivity contribution in [1.82, 2.24) is 15.2 Å². The number of aliphatic hydroxyl groups excluding tert-OH is 1. The molecule has 1 aromatic carbocycles. The van der Waals surface area contributed by atoms with E-state index in [1.54, 1.807) is 18.2 Å². The molecule has 0 spiro atoms. The summed E-state index contributed by atoms with van der Waals surface area (Å²) in [4.78, 5) is 4.80. The predicted molar refractivity (Wildman–Crippen MR) is 134 cm³/mol. The van der Waals surface area contributed by atoms with Gasteiger partial charge in [0.25, 0.3) is 5.89 Å². The van der Waals surface area contributed by atoms with E-state index >= 15 is 0 Å². The zero-order chi connectivity index (χ0) is 26.5. The molecular formula is C26H34F3N5O2. The van der Waals surface area contributed by atoms with E-state index in [0.717, 1.165) is 29.4 Å². The largest absolute Gasteiger partial charge is 0.405 e. The van der Waals surface area contributed by atoms with Gasteiger partial charge in [-0.1, -0.05) is 39.7 Å². The molecule has 3 aromatic rings. The van der Waals surface area contributed by atoms with Crippen molar-refractivity contribution in [2.75, 3.05) is 17.2 Å². The second-order valence-corrected chi connectivity index (χ2v) is 11.5. The van der Waals surface area contributed by atoms with Gasteiger partial charge in [-0.3, -0.25) is 0 Å². The first-order chi connectivity index (χ1) is 16.6. The highest BCUT2D eigenvalue weighted by Gasteiger charge is 2.35. The van der Waals surface area contributed by atoms with Crippen LogP contribution in [-0.2, 0) is 5.41 Å². The third-order valence-electron chi connectivity index (χ3n) is 6.94. The SMILES string of the molecule is Cc1cc(-c2nnc(NC3CCC(C)(C)C(O)C3)o2)nc2c(C(C)(C)C)cc(NCC(F)(F)F)cc12. The molecule has 4 rings (SSSR count). The maximum atomic E-state index is 12.8. The Hall–Kier alpha value is -2.88. The van der Waals surface area contributed by atoms with Crippen LogP contribution >= 0.6 is 0 Å².